The lowest BCUT2D eigenvalue weighted by Gasteiger charge is -2.23. The normalized spacial score (nSPS) is 12.8. The Morgan fingerprint density at radius 2 is 2.05 bits per heavy atom. The van der Waals surface area contributed by atoms with Gasteiger partial charge in [-0.2, -0.15) is 5.10 Å². The molecule has 0 saturated heterocycles. The van der Waals surface area contributed by atoms with E-state index in [0.29, 0.717) is 16.6 Å². The summed E-state index contributed by atoms with van der Waals surface area (Å²) in [6, 6.07) is 5.53. The van der Waals surface area contributed by atoms with Crippen molar-refractivity contribution in [1.29, 1.82) is 0 Å². The van der Waals surface area contributed by atoms with Gasteiger partial charge in [-0.3, -0.25) is 0 Å². The summed E-state index contributed by atoms with van der Waals surface area (Å²) in [5.41, 5.74) is 2.18. The Morgan fingerprint density at radius 3 is 2.60 bits per heavy atom. The zero-order chi connectivity index (χ0) is 14.8. The quantitative estimate of drug-likeness (QED) is 0.821. The van der Waals surface area contributed by atoms with Crippen LogP contribution in [0.2, 0.25) is 10.0 Å². The molecule has 0 atom stereocenters. The molecule has 1 aromatic carbocycles. The Hall–Kier alpha value is -1.32. The molecule has 106 valence electrons. The van der Waals surface area contributed by atoms with Gasteiger partial charge in [0.1, 0.15) is 12.7 Å². The molecule has 1 heterocycles. The van der Waals surface area contributed by atoms with Gasteiger partial charge in [0.15, 0.2) is 0 Å². The average molecular weight is 310 g/mol. The van der Waals surface area contributed by atoms with Crippen LogP contribution < -0.4 is 0 Å². The smallest absolute Gasteiger partial charge is 0.137 e. The zero-order valence-corrected chi connectivity index (χ0v) is 13.3. The van der Waals surface area contributed by atoms with Crippen LogP contribution in [-0.4, -0.2) is 14.8 Å². The SMILES string of the molecule is CC(C)(C)C(=Cc1ccc(Cl)cc1Cl)Cn1cncn1. The lowest BCUT2D eigenvalue weighted by molar-refractivity contribution is 0.462. The molecular formula is C15H17Cl2N3. The molecule has 0 amide bonds. The number of benzene rings is 1. The summed E-state index contributed by atoms with van der Waals surface area (Å²) in [6.07, 6.45) is 5.35. The average Bonchev–Trinajstić information content (AvgIpc) is 2.83. The van der Waals surface area contributed by atoms with Crippen molar-refractivity contribution in [3.63, 3.8) is 0 Å². The second-order valence-electron chi connectivity index (χ2n) is 5.68. The topological polar surface area (TPSA) is 30.7 Å². The molecule has 0 N–H and O–H groups in total. The third-order valence-electron chi connectivity index (χ3n) is 3.05. The van der Waals surface area contributed by atoms with Crippen LogP contribution in [0.5, 0.6) is 0 Å². The minimum Gasteiger partial charge on any atom is -0.249 e. The Bertz CT molecular complexity index is 611. The van der Waals surface area contributed by atoms with Gasteiger partial charge in [0.25, 0.3) is 0 Å². The summed E-state index contributed by atoms with van der Waals surface area (Å²) >= 11 is 12.2. The summed E-state index contributed by atoms with van der Waals surface area (Å²) in [5.74, 6) is 0. The molecule has 3 nitrogen and oxygen atoms in total. The summed E-state index contributed by atoms with van der Waals surface area (Å²) in [7, 11) is 0. The van der Waals surface area contributed by atoms with Gasteiger partial charge in [0.05, 0.1) is 6.54 Å². The van der Waals surface area contributed by atoms with Crippen LogP contribution in [0.1, 0.15) is 26.3 Å². The van der Waals surface area contributed by atoms with Gasteiger partial charge >= 0.3 is 0 Å². The van der Waals surface area contributed by atoms with Crippen molar-refractivity contribution in [1.82, 2.24) is 14.8 Å². The van der Waals surface area contributed by atoms with Crippen LogP contribution in [0.15, 0.2) is 36.4 Å². The van der Waals surface area contributed by atoms with Gasteiger partial charge in [-0.1, -0.05) is 56.1 Å². The van der Waals surface area contributed by atoms with E-state index in [-0.39, 0.29) is 5.41 Å². The number of nitrogens with zero attached hydrogens (tertiary/aromatic N) is 3. The number of halogens is 2. The number of aromatic nitrogens is 3. The number of rotatable bonds is 3. The van der Waals surface area contributed by atoms with Crippen LogP contribution in [0, 0.1) is 5.41 Å². The molecule has 0 unspecified atom stereocenters. The largest absolute Gasteiger partial charge is 0.249 e. The first-order valence-corrected chi connectivity index (χ1v) is 7.10. The van der Waals surface area contributed by atoms with Crippen molar-refractivity contribution in [2.75, 3.05) is 0 Å². The summed E-state index contributed by atoms with van der Waals surface area (Å²) in [5, 5.41) is 5.45. The summed E-state index contributed by atoms with van der Waals surface area (Å²) < 4.78 is 1.81. The first-order valence-electron chi connectivity index (χ1n) is 6.35. The molecule has 2 rings (SSSR count). The minimum atomic E-state index is 0.00884. The number of allylic oxidation sites excluding steroid dienone is 1. The van der Waals surface area contributed by atoms with Gasteiger partial charge in [0.2, 0.25) is 0 Å². The van der Waals surface area contributed by atoms with E-state index in [2.05, 4.69) is 36.9 Å². The van der Waals surface area contributed by atoms with Gasteiger partial charge in [0, 0.05) is 10.0 Å². The van der Waals surface area contributed by atoms with Crippen LogP contribution in [-0.2, 0) is 6.54 Å². The molecule has 1 aromatic heterocycles. The third-order valence-corrected chi connectivity index (χ3v) is 3.62. The van der Waals surface area contributed by atoms with Crippen LogP contribution in [0.3, 0.4) is 0 Å². The summed E-state index contributed by atoms with van der Waals surface area (Å²) in [4.78, 5) is 3.97. The van der Waals surface area contributed by atoms with Crippen molar-refractivity contribution >= 4 is 29.3 Å². The zero-order valence-electron chi connectivity index (χ0n) is 11.8. The monoisotopic (exact) mass is 309 g/mol. The van der Waals surface area contributed by atoms with E-state index in [1.165, 1.54) is 11.9 Å². The fourth-order valence-electron chi connectivity index (χ4n) is 1.79. The van der Waals surface area contributed by atoms with Gasteiger partial charge < -0.3 is 0 Å². The van der Waals surface area contributed by atoms with Gasteiger partial charge in [-0.25, -0.2) is 9.67 Å². The van der Waals surface area contributed by atoms with E-state index in [1.807, 2.05) is 12.1 Å². The molecule has 0 spiro atoms. The molecule has 0 radical (unpaired) electrons. The molecule has 5 heteroatoms. The third kappa shape index (κ3) is 3.84. The van der Waals surface area contributed by atoms with E-state index in [4.69, 9.17) is 23.2 Å². The van der Waals surface area contributed by atoms with Gasteiger partial charge in [-0.05, 0) is 28.7 Å². The lowest BCUT2D eigenvalue weighted by atomic mass is 9.85. The Labute approximate surface area is 129 Å². The maximum Gasteiger partial charge on any atom is 0.137 e. The van der Waals surface area contributed by atoms with E-state index in [1.54, 1.807) is 17.1 Å². The molecule has 0 aliphatic carbocycles. The molecular weight excluding hydrogens is 293 g/mol. The second-order valence-corrected chi connectivity index (χ2v) is 6.52. The molecule has 0 aliphatic rings. The molecule has 0 bridgehead atoms. The van der Waals surface area contributed by atoms with E-state index >= 15 is 0 Å². The highest BCUT2D eigenvalue weighted by atomic mass is 35.5. The second kappa shape index (κ2) is 5.98. The van der Waals surface area contributed by atoms with Crippen molar-refractivity contribution in [2.24, 2.45) is 5.41 Å². The molecule has 2 aromatic rings. The van der Waals surface area contributed by atoms with Crippen molar-refractivity contribution in [3.05, 3.63) is 52.0 Å². The highest BCUT2D eigenvalue weighted by molar-refractivity contribution is 6.35. The lowest BCUT2D eigenvalue weighted by Crippen LogP contribution is -2.15. The summed E-state index contributed by atoms with van der Waals surface area (Å²) in [6.45, 7) is 7.18. The van der Waals surface area contributed by atoms with Crippen LogP contribution in [0.25, 0.3) is 6.08 Å². The predicted octanol–water partition coefficient (Wildman–Crippen LogP) is 4.71. The first-order chi connectivity index (χ1) is 9.36. The maximum atomic E-state index is 6.24. The van der Waals surface area contributed by atoms with Gasteiger partial charge in [-0.15, -0.1) is 0 Å². The highest BCUT2D eigenvalue weighted by Gasteiger charge is 2.18. The Balaban J connectivity index is 2.38. The van der Waals surface area contributed by atoms with E-state index in [0.717, 1.165) is 5.56 Å². The number of hydrogen-bond donors (Lipinski definition) is 0. The van der Waals surface area contributed by atoms with E-state index in [9.17, 15) is 0 Å². The highest BCUT2D eigenvalue weighted by Crippen LogP contribution is 2.31. The van der Waals surface area contributed by atoms with Crippen LogP contribution in [0.4, 0.5) is 0 Å². The Morgan fingerprint density at radius 1 is 1.30 bits per heavy atom. The minimum absolute atomic E-state index is 0.00884. The Kier molecular flexibility index (Phi) is 4.51. The van der Waals surface area contributed by atoms with E-state index < -0.39 is 0 Å². The number of hydrogen-bond acceptors (Lipinski definition) is 2. The maximum absolute atomic E-state index is 6.24. The molecule has 0 aliphatic heterocycles. The van der Waals surface area contributed by atoms with Crippen molar-refractivity contribution < 1.29 is 0 Å². The predicted molar refractivity (Wildman–Crippen MR) is 83.9 cm³/mol. The fourth-order valence-corrected chi connectivity index (χ4v) is 2.26. The van der Waals surface area contributed by atoms with Crippen molar-refractivity contribution in [3.8, 4) is 0 Å². The standard InChI is InChI=1S/C15H17Cl2N3/c1-15(2,3)12(8-20-10-18-9-19-20)6-11-4-5-13(16)7-14(11)17/h4-7,9-10H,8H2,1-3H3. The van der Waals surface area contributed by atoms with Crippen LogP contribution >= 0.6 is 23.2 Å². The molecule has 20 heavy (non-hydrogen) atoms. The molecule has 0 fully saturated rings. The molecule has 0 saturated carbocycles. The fraction of sp³-hybridized carbons (Fsp3) is 0.333. The first kappa shape index (κ1) is 15.1. The van der Waals surface area contributed by atoms with Crippen molar-refractivity contribution in [2.45, 2.75) is 27.3 Å².